The lowest BCUT2D eigenvalue weighted by atomic mass is 10.2. The summed E-state index contributed by atoms with van der Waals surface area (Å²) in [5.74, 6) is 0.892. The van der Waals surface area contributed by atoms with E-state index in [9.17, 15) is 19.2 Å². The molecule has 1 fully saturated rings. The molecule has 0 atom stereocenters. The molecule has 2 amide bonds. The smallest absolute Gasteiger partial charge is 0.331 e. The molecule has 0 unspecified atom stereocenters. The fourth-order valence-electron chi connectivity index (χ4n) is 4.95. The van der Waals surface area contributed by atoms with Crippen molar-refractivity contribution in [3.05, 3.63) is 68.9 Å². The largest absolute Gasteiger partial charge is 0.454 e. The van der Waals surface area contributed by atoms with Crippen molar-refractivity contribution in [3.8, 4) is 11.5 Å². The third-order valence-electron chi connectivity index (χ3n) is 6.87. The molecule has 0 bridgehead atoms. The molecule has 2 aliphatic rings. The van der Waals surface area contributed by atoms with E-state index < -0.39 is 11.2 Å². The van der Waals surface area contributed by atoms with Gasteiger partial charge >= 0.3 is 5.69 Å². The second-order valence-corrected chi connectivity index (χ2v) is 9.46. The number of carbonyl (C=O) groups is 2. The lowest BCUT2D eigenvalue weighted by Gasteiger charge is -2.16. The van der Waals surface area contributed by atoms with Crippen molar-refractivity contribution in [2.24, 2.45) is 0 Å². The third-order valence-corrected chi connectivity index (χ3v) is 6.87. The molecule has 2 aromatic carbocycles. The maximum Gasteiger partial charge on any atom is 0.331 e. The molecule has 1 aliphatic carbocycles. The van der Waals surface area contributed by atoms with Crippen LogP contribution in [-0.4, -0.2) is 33.8 Å². The number of amides is 2. The highest BCUT2D eigenvalue weighted by Crippen LogP contribution is 2.32. The van der Waals surface area contributed by atoms with Crippen LogP contribution in [0.3, 0.4) is 0 Å². The topological polar surface area (TPSA) is 121 Å². The van der Waals surface area contributed by atoms with E-state index in [-0.39, 0.29) is 44.2 Å². The van der Waals surface area contributed by atoms with Crippen LogP contribution in [0.5, 0.6) is 11.5 Å². The quantitative estimate of drug-likeness (QED) is 0.458. The number of nitrogens with zero attached hydrogens (tertiary/aromatic N) is 2. The zero-order chi connectivity index (χ0) is 25.8. The number of carbonyl (C=O) groups excluding carboxylic acids is 2. The van der Waals surface area contributed by atoms with Crippen LogP contribution in [0.4, 0.5) is 0 Å². The Bertz CT molecular complexity index is 1440. The zero-order valence-corrected chi connectivity index (χ0v) is 20.5. The summed E-state index contributed by atoms with van der Waals surface area (Å²) in [7, 11) is 0. The summed E-state index contributed by atoms with van der Waals surface area (Å²) in [4.78, 5) is 51.4. The summed E-state index contributed by atoms with van der Waals surface area (Å²) < 4.78 is 13.1. The molecule has 0 spiro atoms. The summed E-state index contributed by atoms with van der Waals surface area (Å²) in [5.41, 5.74) is 0.332. The van der Waals surface area contributed by atoms with Gasteiger partial charge in [0.15, 0.2) is 11.5 Å². The van der Waals surface area contributed by atoms with Crippen molar-refractivity contribution in [1.82, 2.24) is 19.8 Å². The van der Waals surface area contributed by atoms with Gasteiger partial charge in [0.25, 0.3) is 5.56 Å². The summed E-state index contributed by atoms with van der Waals surface area (Å²) in [6, 6.07) is 12.4. The number of benzene rings is 2. The Kier molecular flexibility index (Phi) is 7.25. The van der Waals surface area contributed by atoms with Crippen LogP contribution in [0.15, 0.2) is 52.1 Å². The third kappa shape index (κ3) is 5.52. The molecule has 0 radical (unpaired) electrons. The van der Waals surface area contributed by atoms with Gasteiger partial charge in [-0.1, -0.05) is 31.0 Å². The Labute approximate surface area is 213 Å². The highest BCUT2D eigenvalue weighted by Gasteiger charge is 2.20. The number of aromatic nitrogens is 2. The average molecular weight is 507 g/mol. The van der Waals surface area contributed by atoms with Gasteiger partial charge in [-0.3, -0.25) is 23.5 Å². The molecule has 10 heteroatoms. The Hall–Kier alpha value is -4.08. The minimum Gasteiger partial charge on any atom is -0.454 e. The van der Waals surface area contributed by atoms with Gasteiger partial charge in [0, 0.05) is 25.6 Å². The van der Waals surface area contributed by atoms with Crippen molar-refractivity contribution in [2.75, 3.05) is 6.79 Å². The predicted molar refractivity (Wildman–Crippen MR) is 137 cm³/mol. The van der Waals surface area contributed by atoms with E-state index in [0.717, 1.165) is 35.8 Å². The molecule has 1 aromatic heterocycles. The Balaban J connectivity index is 1.24. The van der Waals surface area contributed by atoms with Gasteiger partial charge in [-0.25, -0.2) is 4.79 Å². The van der Waals surface area contributed by atoms with E-state index in [1.165, 1.54) is 4.57 Å². The molecule has 0 saturated heterocycles. The summed E-state index contributed by atoms with van der Waals surface area (Å²) >= 11 is 0. The van der Waals surface area contributed by atoms with E-state index >= 15 is 0 Å². The monoisotopic (exact) mass is 506 g/mol. The molecule has 10 nitrogen and oxygen atoms in total. The Morgan fingerprint density at radius 3 is 2.57 bits per heavy atom. The fourth-order valence-corrected chi connectivity index (χ4v) is 4.95. The van der Waals surface area contributed by atoms with Crippen LogP contribution in [0, 0.1) is 0 Å². The van der Waals surface area contributed by atoms with Gasteiger partial charge in [-0.15, -0.1) is 0 Å². The molecular weight excluding hydrogens is 476 g/mol. The lowest BCUT2D eigenvalue weighted by molar-refractivity contribution is -0.122. The Morgan fingerprint density at radius 1 is 0.946 bits per heavy atom. The summed E-state index contributed by atoms with van der Waals surface area (Å²) in [6.07, 6.45) is 4.50. The first-order valence-corrected chi connectivity index (χ1v) is 12.7. The minimum atomic E-state index is -0.550. The normalized spacial score (nSPS) is 14.7. The minimum absolute atomic E-state index is 0.0736. The van der Waals surface area contributed by atoms with Gasteiger partial charge in [0.2, 0.25) is 18.6 Å². The van der Waals surface area contributed by atoms with Crippen molar-refractivity contribution in [2.45, 2.75) is 64.2 Å². The van der Waals surface area contributed by atoms with E-state index in [4.69, 9.17) is 9.47 Å². The van der Waals surface area contributed by atoms with Crippen molar-refractivity contribution >= 4 is 22.7 Å². The van der Waals surface area contributed by atoms with Crippen LogP contribution in [-0.2, 0) is 29.2 Å². The Morgan fingerprint density at radius 2 is 1.73 bits per heavy atom. The van der Waals surface area contributed by atoms with E-state index in [1.807, 2.05) is 12.1 Å². The molecule has 3 aromatic rings. The zero-order valence-electron chi connectivity index (χ0n) is 20.5. The molecule has 37 heavy (non-hydrogen) atoms. The van der Waals surface area contributed by atoms with Gasteiger partial charge < -0.3 is 20.1 Å². The molecule has 1 saturated carbocycles. The highest BCUT2D eigenvalue weighted by atomic mass is 16.7. The average Bonchev–Trinajstić information content (AvgIpc) is 3.59. The van der Waals surface area contributed by atoms with Crippen LogP contribution in [0.25, 0.3) is 10.9 Å². The van der Waals surface area contributed by atoms with Crippen LogP contribution < -0.4 is 31.4 Å². The summed E-state index contributed by atoms with van der Waals surface area (Å²) in [6.45, 7) is 0.427. The van der Waals surface area contributed by atoms with Gasteiger partial charge in [-0.2, -0.15) is 0 Å². The lowest BCUT2D eigenvalue weighted by Crippen LogP contribution is -2.44. The van der Waals surface area contributed by atoms with Crippen molar-refractivity contribution in [3.63, 3.8) is 0 Å². The van der Waals surface area contributed by atoms with E-state index in [0.29, 0.717) is 35.4 Å². The molecule has 1 aliphatic heterocycles. The number of para-hydroxylation sites is 1. The van der Waals surface area contributed by atoms with Gasteiger partial charge in [0.1, 0.15) is 6.54 Å². The first-order chi connectivity index (χ1) is 18.0. The highest BCUT2D eigenvalue weighted by molar-refractivity contribution is 5.81. The number of ether oxygens (including phenoxy) is 2. The maximum atomic E-state index is 13.3. The van der Waals surface area contributed by atoms with Gasteiger partial charge in [0.05, 0.1) is 10.9 Å². The molecule has 5 rings (SSSR count). The van der Waals surface area contributed by atoms with Crippen LogP contribution >= 0.6 is 0 Å². The number of hydrogen-bond donors (Lipinski definition) is 2. The number of rotatable bonds is 9. The van der Waals surface area contributed by atoms with Crippen molar-refractivity contribution < 1.29 is 19.1 Å². The van der Waals surface area contributed by atoms with Crippen molar-refractivity contribution in [1.29, 1.82) is 0 Å². The first kappa shape index (κ1) is 24.6. The fraction of sp³-hybridized carbons (Fsp3) is 0.407. The van der Waals surface area contributed by atoms with E-state index in [1.54, 1.807) is 30.3 Å². The van der Waals surface area contributed by atoms with Gasteiger partial charge in [-0.05, 0) is 49.1 Å². The number of fused-ring (bicyclic) bond motifs is 2. The standard InChI is InChI=1S/C27H30N4O6/c32-24(28-15-18-11-12-22-23(14-18)37-17-36-22)10-5-13-30-26(34)20-8-3-4-9-21(20)31(27(30)35)16-25(33)29-19-6-1-2-7-19/h3-4,8-9,11-12,14,19H,1-2,5-7,10,13,15-17H2,(H,28,32)(H,29,33). The molecule has 2 N–H and O–H groups in total. The van der Waals surface area contributed by atoms with Crippen LogP contribution in [0.1, 0.15) is 44.1 Å². The molecule has 2 heterocycles. The molecule has 194 valence electrons. The first-order valence-electron chi connectivity index (χ1n) is 12.7. The number of hydrogen-bond acceptors (Lipinski definition) is 6. The predicted octanol–water partition coefficient (Wildman–Crippen LogP) is 2.05. The molecular formula is C27H30N4O6. The summed E-state index contributed by atoms with van der Waals surface area (Å²) in [5, 5.41) is 6.21. The second-order valence-electron chi connectivity index (χ2n) is 9.46. The second kappa shape index (κ2) is 10.9. The SMILES string of the molecule is O=C(CCCn1c(=O)c2ccccc2n(CC(=O)NC2CCCC2)c1=O)NCc1ccc2c(c1)OCO2. The van der Waals surface area contributed by atoms with E-state index in [2.05, 4.69) is 10.6 Å². The number of nitrogens with one attached hydrogen (secondary N) is 2. The maximum absolute atomic E-state index is 13.3. The van der Waals surface area contributed by atoms with Crippen LogP contribution in [0.2, 0.25) is 0 Å².